The van der Waals surface area contributed by atoms with E-state index in [4.69, 9.17) is 18.9 Å². The Bertz CT molecular complexity index is 954. The molecule has 2 amide bonds. The molecule has 0 saturated carbocycles. The molecule has 2 rings (SSSR count). The van der Waals surface area contributed by atoms with Gasteiger partial charge in [-0.3, -0.25) is 14.4 Å². The zero-order chi connectivity index (χ0) is 24.4. The average Bonchev–Trinajstić information content (AvgIpc) is 2.82. The van der Waals surface area contributed by atoms with Crippen LogP contribution in [0.1, 0.15) is 22.8 Å². The van der Waals surface area contributed by atoms with Crippen LogP contribution in [0.15, 0.2) is 36.4 Å². The standard InChI is InChI=1S/C23H27FN2O7/c1-14(22(28)25-10-9-15-5-7-17(24)8-6-15)33-20(27)13-26-23(29)16-11-18(30-2)21(32-4)19(12-16)31-3/h5-8,11-12,14H,9-10,13H2,1-4H3,(H,25,28)(H,26,29). The van der Waals surface area contributed by atoms with Gasteiger partial charge in [0.25, 0.3) is 11.8 Å². The lowest BCUT2D eigenvalue weighted by Gasteiger charge is -2.15. The molecule has 9 nitrogen and oxygen atoms in total. The molecule has 1 unspecified atom stereocenters. The minimum atomic E-state index is -1.05. The molecular formula is C23H27FN2O7. The van der Waals surface area contributed by atoms with Crippen LogP contribution in [0.25, 0.3) is 0 Å². The van der Waals surface area contributed by atoms with Gasteiger partial charge in [-0.1, -0.05) is 12.1 Å². The summed E-state index contributed by atoms with van der Waals surface area (Å²) in [5.41, 5.74) is 1.04. The summed E-state index contributed by atoms with van der Waals surface area (Å²) in [7, 11) is 4.28. The van der Waals surface area contributed by atoms with Crippen molar-refractivity contribution in [2.24, 2.45) is 0 Å². The summed E-state index contributed by atoms with van der Waals surface area (Å²) < 4.78 is 33.6. The summed E-state index contributed by atoms with van der Waals surface area (Å²) in [6.07, 6.45) is -0.554. The van der Waals surface area contributed by atoms with E-state index in [1.807, 2.05) is 0 Å². The van der Waals surface area contributed by atoms with Crippen LogP contribution < -0.4 is 24.8 Å². The Morgan fingerprint density at radius 3 is 2.09 bits per heavy atom. The summed E-state index contributed by atoms with van der Waals surface area (Å²) in [5.74, 6) is -1.26. The molecule has 0 bridgehead atoms. The highest BCUT2D eigenvalue weighted by atomic mass is 19.1. The predicted molar refractivity (Wildman–Crippen MR) is 117 cm³/mol. The SMILES string of the molecule is COc1cc(C(=O)NCC(=O)OC(C)C(=O)NCCc2ccc(F)cc2)cc(OC)c1OC. The van der Waals surface area contributed by atoms with E-state index in [9.17, 15) is 18.8 Å². The van der Waals surface area contributed by atoms with Crippen LogP contribution in [0.2, 0.25) is 0 Å². The van der Waals surface area contributed by atoms with Crippen molar-refractivity contribution in [2.75, 3.05) is 34.4 Å². The number of methoxy groups -OCH3 is 3. The lowest BCUT2D eigenvalue weighted by molar-refractivity contribution is -0.153. The first-order valence-corrected chi connectivity index (χ1v) is 10.1. The second-order valence-electron chi connectivity index (χ2n) is 6.90. The molecule has 33 heavy (non-hydrogen) atoms. The molecule has 178 valence electrons. The molecule has 0 heterocycles. The van der Waals surface area contributed by atoms with Crippen LogP contribution in [0, 0.1) is 5.82 Å². The lowest BCUT2D eigenvalue weighted by Crippen LogP contribution is -2.39. The number of hydrogen-bond donors (Lipinski definition) is 2. The van der Waals surface area contributed by atoms with Crippen molar-refractivity contribution in [1.82, 2.24) is 10.6 Å². The number of nitrogens with one attached hydrogen (secondary N) is 2. The fourth-order valence-corrected chi connectivity index (χ4v) is 2.88. The van der Waals surface area contributed by atoms with Gasteiger partial charge in [0.2, 0.25) is 5.75 Å². The molecule has 0 spiro atoms. The molecular weight excluding hydrogens is 435 g/mol. The van der Waals surface area contributed by atoms with Gasteiger partial charge in [-0.25, -0.2) is 4.39 Å². The van der Waals surface area contributed by atoms with Crippen molar-refractivity contribution < 1.29 is 37.7 Å². The molecule has 10 heteroatoms. The van der Waals surface area contributed by atoms with Crippen molar-refractivity contribution in [3.8, 4) is 17.2 Å². The Balaban J connectivity index is 1.82. The van der Waals surface area contributed by atoms with Crippen LogP contribution >= 0.6 is 0 Å². The van der Waals surface area contributed by atoms with E-state index in [2.05, 4.69) is 10.6 Å². The normalized spacial score (nSPS) is 11.2. The first-order valence-electron chi connectivity index (χ1n) is 10.1. The third kappa shape index (κ3) is 7.37. The predicted octanol–water partition coefficient (Wildman–Crippen LogP) is 1.87. The van der Waals surface area contributed by atoms with Crippen LogP contribution in [0.4, 0.5) is 4.39 Å². The van der Waals surface area contributed by atoms with Gasteiger partial charge in [-0.15, -0.1) is 0 Å². The van der Waals surface area contributed by atoms with E-state index in [1.165, 1.54) is 52.5 Å². The Hall–Kier alpha value is -3.82. The van der Waals surface area contributed by atoms with E-state index in [0.717, 1.165) is 5.56 Å². The Morgan fingerprint density at radius 2 is 1.55 bits per heavy atom. The number of esters is 1. The lowest BCUT2D eigenvalue weighted by atomic mass is 10.1. The topological polar surface area (TPSA) is 112 Å². The number of rotatable bonds is 11. The molecule has 0 aliphatic rings. The summed E-state index contributed by atoms with van der Waals surface area (Å²) in [6.45, 7) is 1.28. The fraction of sp³-hybridized carbons (Fsp3) is 0.348. The average molecular weight is 462 g/mol. The number of hydrogen-bond acceptors (Lipinski definition) is 7. The minimum absolute atomic E-state index is 0.184. The highest BCUT2D eigenvalue weighted by molar-refractivity contribution is 5.97. The van der Waals surface area contributed by atoms with Crippen LogP contribution in [-0.2, 0) is 20.7 Å². The summed E-state index contributed by atoms with van der Waals surface area (Å²) in [5, 5.41) is 5.07. The molecule has 0 saturated heterocycles. The molecule has 0 fully saturated rings. The van der Waals surface area contributed by atoms with Gasteiger partial charge in [0.05, 0.1) is 21.3 Å². The second kappa shape index (κ2) is 12.3. The summed E-state index contributed by atoms with van der Waals surface area (Å²) in [6, 6.07) is 8.82. The maximum absolute atomic E-state index is 12.9. The van der Waals surface area contributed by atoms with Gasteiger partial charge in [0.15, 0.2) is 17.6 Å². The monoisotopic (exact) mass is 462 g/mol. The van der Waals surface area contributed by atoms with Crippen LogP contribution in [0.3, 0.4) is 0 Å². The highest BCUT2D eigenvalue weighted by Crippen LogP contribution is 2.38. The van der Waals surface area contributed by atoms with Gasteiger partial charge < -0.3 is 29.6 Å². The Kier molecular flexibility index (Phi) is 9.46. The Morgan fingerprint density at radius 1 is 0.939 bits per heavy atom. The van der Waals surface area contributed by atoms with Crippen LogP contribution in [-0.4, -0.2) is 58.3 Å². The largest absolute Gasteiger partial charge is 0.493 e. The number of benzene rings is 2. The van der Waals surface area contributed by atoms with Gasteiger partial charge in [0.1, 0.15) is 12.4 Å². The van der Waals surface area contributed by atoms with E-state index >= 15 is 0 Å². The van der Waals surface area contributed by atoms with E-state index in [-0.39, 0.29) is 22.9 Å². The van der Waals surface area contributed by atoms with E-state index in [1.54, 1.807) is 12.1 Å². The molecule has 0 radical (unpaired) electrons. The second-order valence-corrected chi connectivity index (χ2v) is 6.90. The third-order valence-corrected chi connectivity index (χ3v) is 4.62. The Labute approximate surface area is 191 Å². The van der Waals surface area contributed by atoms with Gasteiger partial charge in [0, 0.05) is 12.1 Å². The van der Waals surface area contributed by atoms with Crippen molar-refractivity contribution in [1.29, 1.82) is 0 Å². The zero-order valence-corrected chi connectivity index (χ0v) is 18.9. The highest BCUT2D eigenvalue weighted by Gasteiger charge is 2.20. The molecule has 1 atom stereocenters. The number of carbonyl (C=O) groups excluding carboxylic acids is 3. The number of halogens is 1. The zero-order valence-electron chi connectivity index (χ0n) is 18.9. The smallest absolute Gasteiger partial charge is 0.326 e. The molecule has 0 aromatic heterocycles. The quantitative estimate of drug-likeness (QED) is 0.491. The minimum Gasteiger partial charge on any atom is -0.493 e. The molecule has 0 aliphatic carbocycles. The molecule has 0 aliphatic heterocycles. The maximum Gasteiger partial charge on any atom is 0.326 e. The van der Waals surface area contributed by atoms with E-state index < -0.39 is 30.4 Å². The number of amides is 2. The summed E-state index contributed by atoms with van der Waals surface area (Å²) in [4.78, 5) is 36.6. The van der Waals surface area contributed by atoms with Gasteiger partial charge >= 0.3 is 5.97 Å². The van der Waals surface area contributed by atoms with Gasteiger partial charge in [-0.05, 0) is 43.2 Å². The molecule has 2 aromatic rings. The van der Waals surface area contributed by atoms with Crippen molar-refractivity contribution in [3.63, 3.8) is 0 Å². The maximum atomic E-state index is 12.9. The van der Waals surface area contributed by atoms with Crippen molar-refractivity contribution in [2.45, 2.75) is 19.4 Å². The summed E-state index contributed by atoms with van der Waals surface area (Å²) >= 11 is 0. The first-order chi connectivity index (χ1) is 15.8. The first kappa shape index (κ1) is 25.4. The fourth-order valence-electron chi connectivity index (χ4n) is 2.88. The number of carbonyl (C=O) groups is 3. The van der Waals surface area contributed by atoms with Crippen molar-refractivity contribution >= 4 is 17.8 Å². The third-order valence-electron chi connectivity index (χ3n) is 4.62. The van der Waals surface area contributed by atoms with Crippen LogP contribution in [0.5, 0.6) is 17.2 Å². The molecule has 2 aromatic carbocycles. The number of ether oxygens (including phenoxy) is 4. The van der Waals surface area contributed by atoms with Gasteiger partial charge in [-0.2, -0.15) is 0 Å². The molecule has 2 N–H and O–H groups in total. The van der Waals surface area contributed by atoms with Crippen molar-refractivity contribution in [3.05, 3.63) is 53.3 Å². The van der Waals surface area contributed by atoms with E-state index in [0.29, 0.717) is 18.7 Å².